The molecule has 0 radical (unpaired) electrons. The molecule has 2 N–H and O–H groups in total. The highest BCUT2D eigenvalue weighted by Crippen LogP contribution is 2.09. The van der Waals surface area contributed by atoms with E-state index in [0.29, 0.717) is 0 Å². The molecule has 1 rings (SSSR count). The summed E-state index contributed by atoms with van der Waals surface area (Å²) in [5.41, 5.74) is 0.236. The van der Waals surface area contributed by atoms with Crippen molar-refractivity contribution in [3.05, 3.63) is 0 Å². The SMILES string of the molecule is CNC1CCN(CNC(C)(C)C)CC1. The fraction of sp³-hybridized carbons (Fsp3) is 1.00. The second-order valence-corrected chi connectivity index (χ2v) is 5.27. The van der Waals surface area contributed by atoms with Crippen molar-refractivity contribution in [2.24, 2.45) is 0 Å². The van der Waals surface area contributed by atoms with Crippen LogP contribution in [0.4, 0.5) is 0 Å². The minimum Gasteiger partial charge on any atom is -0.317 e. The molecule has 0 saturated carbocycles. The maximum Gasteiger partial charge on any atom is 0.0484 e. The van der Waals surface area contributed by atoms with E-state index in [-0.39, 0.29) is 5.54 Å². The predicted octanol–water partition coefficient (Wildman–Crippen LogP) is 1.02. The molecule has 0 aromatic heterocycles. The molecule has 1 heterocycles. The molecule has 0 unspecified atom stereocenters. The van der Waals surface area contributed by atoms with Crippen molar-refractivity contribution in [1.29, 1.82) is 0 Å². The van der Waals surface area contributed by atoms with Gasteiger partial charge in [-0.1, -0.05) is 0 Å². The third-order valence-corrected chi connectivity index (χ3v) is 2.83. The molecule has 3 heteroatoms. The Bertz CT molecular complexity index is 154. The Kier molecular flexibility index (Phi) is 4.35. The van der Waals surface area contributed by atoms with Gasteiger partial charge in [-0.2, -0.15) is 0 Å². The fourth-order valence-corrected chi connectivity index (χ4v) is 1.73. The molecule has 0 bridgehead atoms. The highest BCUT2D eigenvalue weighted by molar-refractivity contribution is 4.77. The first kappa shape index (κ1) is 12.0. The number of hydrogen-bond acceptors (Lipinski definition) is 3. The van der Waals surface area contributed by atoms with Gasteiger partial charge < -0.3 is 5.32 Å². The zero-order valence-electron chi connectivity index (χ0n) is 10.1. The van der Waals surface area contributed by atoms with Crippen LogP contribution in [0.2, 0.25) is 0 Å². The highest BCUT2D eigenvalue weighted by Gasteiger charge is 2.18. The highest BCUT2D eigenvalue weighted by atomic mass is 15.2. The van der Waals surface area contributed by atoms with Crippen LogP contribution >= 0.6 is 0 Å². The van der Waals surface area contributed by atoms with Gasteiger partial charge in [-0.3, -0.25) is 10.2 Å². The van der Waals surface area contributed by atoms with Gasteiger partial charge in [0.2, 0.25) is 0 Å². The molecule has 1 aliphatic rings. The lowest BCUT2D eigenvalue weighted by Gasteiger charge is -2.34. The van der Waals surface area contributed by atoms with Crippen LogP contribution in [-0.2, 0) is 0 Å². The molecule has 1 fully saturated rings. The molecule has 0 amide bonds. The molecular weight excluding hydrogens is 174 g/mol. The van der Waals surface area contributed by atoms with Crippen LogP contribution in [0.1, 0.15) is 33.6 Å². The Morgan fingerprint density at radius 3 is 2.21 bits per heavy atom. The largest absolute Gasteiger partial charge is 0.317 e. The van der Waals surface area contributed by atoms with Gasteiger partial charge in [0.05, 0.1) is 0 Å². The van der Waals surface area contributed by atoms with Crippen molar-refractivity contribution in [2.75, 3.05) is 26.8 Å². The van der Waals surface area contributed by atoms with E-state index in [1.165, 1.54) is 25.9 Å². The lowest BCUT2D eigenvalue weighted by atomic mass is 10.1. The van der Waals surface area contributed by atoms with Gasteiger partial charge in [-0.05, 0) is 40.7 Å². The maximum atomic E-state index is 3.53. The molecule has 0 aliphatic carbocycles. The van der Waals surface area contributed by atoms with Gasteiger partial charge in [0, 0.05) is 31.3 Å². The van der Waals surface area contributed by atoms with Gasteiger partial charge in [0.25, 0.3) is 0 Å². The van der Waals surface area contributed by atoms with E-state index in [9.17, 15) is 0 Å². The van der Waals surface area contributed by atoms with Crippen molar-refractivity contribution in [3.8, 4) is 0 Å². The quantitative estimate of drug-likeness (QED) is 0.710. The van der Waals surface area contributed by atoms with E-state index in [0.717, 1.165) is 12.7 Å². The average molecular weight is 199 g/mol. The summed E-state index contributed by atoms with van der Waals surface area (Å²) in [5, 5.41) is 6.88. The summed E-state index contributed by atoms with van der Waals surface area (Å²) >= 11 is 0. The van der Waals surface area contributed by atoms with E-state index in [2.05, 4.69) is 43.4 Å². The molecule has 0 aromatic carbocycles. The molecule has 0 atom stereocenters. The number of piperidine rings is 1. The van der Waals surface area contributed by atoms with Crippen molar-refractivity contribution < 1.29 is 0 Å². The Hall–Kier alpha value is -0.120. The number of hydrogen-bond donors (Lipinski definition) is 2. The Morgan fingerprint density at radius 1 is 1.21 bits per heavy atom. The summed E-state index contributed by atoms with van der Waals surface area (Å²) in [4.78, 5) is 2.50. The molecule has 1 aliphatic heterocycles. The van der Waals surface area contributed by atoms with Crippen molar-refractivity contribution >= 4 is 0 Å². The van der Waals surface area contributed by atoms with Crippen LogP contribution < -0.4 is 10.6 Å². The first-order valence-electron chi connectivity index (χ1n) is 5.66. The van der Waals surface area contributed by atoms with Gasteiger partial charge in [-0.25, -0.2) is 0 Å². The first-order valence-corrected chi connectivity index (χ1v) is 5.66. The molecule has 3 nitrogen and oxygen atoms in total. The van der Waals surface area contributed by atoms with Crippen LogP contribution in [0, 0.1) is 0 Å². The molecule has 0 aromatic rings. The Labute approximate surface area is 88.2 Å². The number of nitrogens with zero attached hydrogens (tertiary/aromatic N) is 1. The topological polar surface area (TPSA) is 27.3 Å². The van der Waals surface area contributed by atoms with Crippen LogP contribution in [0.15, 0.2) is 0 Å². The molecule has 14 heavy (non-hydrogen) atoms. The molecule has 0 spiro atoms. The van der Waals surface area contributed by atoms with Crippen LogP contribution in [0.25, 0.3) is 0 Å². The van der Waals surface area contributed by atoms with E-state index >= 15 is 0 Å². The van der Waals surface area contributed by atoms with E-state index < -0.39 is 0 Å². The van der Waals surface area contributed by atoms with Crippen molar-refractivity contribution in [2.45, 2.75) is 45.2 Å². The molecule has 1 saturated heterocycles. The second-order valence-electron chi connectivity index (χ2n) is 5.27. The summed E-state index contributed by atoms with van der Waals surface area (Å²) in [6, 6.07) is 0.737. The Balaban J connectivity index is 2.16. The fourth-order valence-electron chi connectivity index (χ4n) is 1.73. The summed E-state index contributed by atoms with van der Waals surface area (Å²) in [6.07, 6.45) is 2.56. The summed E-state index contributed by atoms with van der Waals surface area (Å²) in [7, 11) is 2.06. The van der Waals surface area contributed by atoms with Gasteiger partial charge in [0.15, 0.2) is 0 Å². The predicted molar refractivity (Wildman–Crippen MR) is 61.4 cm³/mol. The van der Waals surface area contributed by atoms with Crippen molar-refractivity contribution in [3.63, 3.8) is 0 Å². The average Bonchev–Trinajstić information content (AvgIpc) is 2.14. The summed E-state index contributed by atoms with van der Waals surface area (Å²) < 4.78 is 0. The first-order chi connectivity index (χ1) is 6.51. The van der Waals surface area contributed by atoms with Crippen LogP contribution in [0.5, 0.6) is 0 Å². The van der Waals surface area contributed by atoms with Gasteiger partial charge >= 0.3 is 0 Å². The zero-order valence-corrected chi connectivity index (χ0v) is 10.1. The second kappa shape index (κ2) is 5.10. The number of nitrogens with one attached hydrogen (secondary N) is 2. The number of likely N-dealkylation sites (tertiary alicyclic amines) is 1. The van der Waals surface area contributed by atoms with Gasteiger partial charge in [0.1, 0.15) is 0 Å². The summed E-state index contributed by atoms with van der Waals surface area (Å²) in [6.45, 7) is 10.1. The summed E-state index contributed by atoms with van der Waals surface area (Å²) in [5.74, 6) is 0. The minimum atomic E-state index is 0.236. The normalized spacial score (nSPS) is 21.4. The standard InChI is InChI=1S/C11H25N3/c1-11(2,3)13-9-14-7-5-10(12-4)6-8-14/h10,12-13H,5-9H2,1-4H3. The lowest BCUT2D eigenvalue weighted by Crippen LogP contribution is -2.48. The van der Waals surface area contributed by atoms with Crippen LogP contribution in [0.3, 0.4) is 0 Å². The van der Waals surface area contributed by atoms with Crippen LogP contribution in [-0.4, -0.2) is 43.3 Å². The maximum absolute atomic E-state index is 3.53. The molecular formula is C11H25N3. The minimum absolute atomic E-state index is 0.236. The monoisotopic (exact) mass is 199 g/mol. The van der Waals surface area contributed by atoms with Gasteiger partial charge in [-0.15, -0.1) is 0 Å². The van der Waals surface area contributed by atoms with E-state index in [4.69, 9.17) is 0 Å². The van der Waals surface area contributed by atoms with E-state index in [1.807, 2.05) is 0 Å². The molecule has 84 valence electrons. The van der Waals surface area contributed by atoms with E-state index in [1.54, 1.807) is 0 Å². The smallest absolute Gasteiger partial charge is 0.0484 e. The third-order valence-electron chi connectivity index (χ3n) is 2.83. The zero-order chi connectivity index (χ0) is 10.6. The van der Waals surface area contributed by atoms with Crippen molar-refractivity contribution in [1.82, 2.24) is 15.5 Å². The Morgan fingerprint density at radius 2 is 1.79 bits per heavy atom. The number of rotatable bonds is 3. The lowest BCUT2D eigenvalue weighted by molar-refractivity contribution is 0.171. The third kappa shape index (κ3) is 4.40.